The molecule has 1 aromatic heterocycles. The summed E-state index contributed by atoms with van der Waals surface area (Å²) in [6.07, 6.45) is -4.48. The second kappa shape index (κ2) is 4.38. The molecule has 0 N–H and O–H groups in total. The van der Waals surface area contributed by atoms with E-state index < -0.39 is 23.4 Å². The molecule has 1 aromatic carbocycles. The molecule has 0 bridgehead atoms. The molecule has 1 heterocycles. The highest BCUT2D eigenvalue weighted by Gasteiger charge is 2.30. The lowest BCUT2D eigenvalue weighted by molar-refractivity contribution is -0.255. The van der Waals surface area contributed by atoms with E-state index in [9.17, 15) is 23.1 Å². The summed E-state index contributed by atoms with van der Waals surface area (Å²) in [6.45, 7) is 1.38. The third kappa shape index (κ3) is 2.42. The summed E-state index contributed by atoms with van der Waals surface area (Å²) < 4.78 is 38.7. The molecule has 5 nitrogen and oxygen atoms in total. The van der Waals surface area contributed by atoms with E-state index >= 15 is 0 Å². The number of rotatable bonds is 2. The van der Waals surface area contributed by atoms with E-state index in [0.29, 0.717) is 0 Å². The Kier molecular flexibility index (Phi) is 3.01. The molecular weight excluding hydrogens is 263 g/mol. The highest BCUT2D eigenvalue weighted by Crippen LogP contribution is 2.30. The van der Waals surface area contributed by atoms with Crippen molar-refractivity contribution in [3.05, 3.63) is 41.2 Å². The largest absolute Gasteiger partial charge is 0.543 e. The number of hydrogen-bond donors (Lipinski definition) is 0. The first-order chi connectivity index (χ1) is 8.80. The van der Waals surface area contributed by atoms with Gasteiger partial charge in [-0.1, -0.05) is 11.3 Å². The lowest BCUT2D eigenvalue weighted by atomic mass is 10.2. The number of aromatic nitrogens is 3. The van der Waals surface area contributed by atoms with Crippen LogP contribution in [0.15, 0.2) is 24.3 Å². The highest BCUT2D eigenvalue weighted by atomic mass is 19.4. The summed E-state index contributed by atoms with van der Waals surface area (Å²) in [5.74, 6) is -1.53. The van der Waals surface area contributed by atoms with Crippen LogP contribution in [0.2, 0.25) is 0 Å². The molecule has 2 aromatic rings. The van der Waals surface area contributed by atoms with Crippen LogP contribution in [0, 0.1) is 6.92 Å². The lowest BCUT2D eigenvalue weighted by Crippen LogP contribution is -2.23. The van der Waals surface area contributed by atoms with Crippen molar-refractivity contribution in [3.63, 3.8) is 0 Å². The number of aromatic carboxylic acids is 1. The maximum Gasteiger partial charge on any atom is 0.416 e. The van der Waals surface area contributed by atoms with Crippen LogP contribution < -0.4 is 5.11 Å². The van der Waals surface area contributed by atoms with Crippen LogP contribution in [0.3, 0.4) is 0 Å². The van der Waals surface area contributed by atoms with E-state index in [-0.39, 0.29) is 11.4 Å². The quantitative estimate of drug-likeness (QED) is 0.814. The monoisotopic (exact) mass is 270 g/mol. The van der Waals surface area contributed by atoms with E-state index in [4.69, 9.17) is 0 Å². The third-order valence-electron chi connectivity index (χ3n) is 2.51. The van der Waals surface area contributed by atoms with Crippen molar-refractivity contribution in [2.75, 3.05) is 0 Å². The van der Waals surface area contributed by atoms with E-state index in [1.807, 2.05) is 0 Å². The number of carboxylic acid groups (broad SMARTS) is 1. The molecule has 0 spiro atoms. The molecule has 0 aliphatic carbocycles. The van der Waals surface area contributed by atoms with E-state index in [1.165, 1.54) is 19.1 Å². The van der Waals surface area contributed by atoms with E-state index in [1.54, 1.807) is 0 Å². The Bertz CT molecular complexity index is 634. The van der Waals surface area contributed by atoms with Crippen LogP contribution in [0.4, 0.5) is 13.2 Å². The summed E-state index contributed by atoms with van der Waals surface area (Å²) in [4.78, 5) is 10.7. The molecule has 0 radical (unpaired) electrons. The number of halogens is 3. The fraction of sp³-hybridized carbons (Fsp3) is 0.182. The van der Waals surface area contributed by atoms with Crippen LogP contribution in [-0.2, 0) is 6.18 Å². The standard InChI is InChI=1S/C11H8F3N3O2/c1-6-9(10(18)19)15-16-17(6)8-4-2-3-7(5-8)11(12,13)14/h2-5H,1H3,(H,18,19)/p-1. The molecule has 0 fully saturated rings. The molecule has 2 rings (SSSR count). The predicted octanol–water partition coefficient (Wildman–Crippen LogP) is 0.958. The number of carbonyl (C=O) groups is 1. The first-order valence-corrected chi connectivity index (χ1v) is 5.12. The van der Waals surface area contributed by atoms with Crippen molar-refractivity contribution in [1.29, 1.82) is 0 Å². The summed E-state index contributed by atoms with van der Waals surface area (Å²) in [6, 6.07) is 4.35. The van der Waals surface area contributed by atoms with Gasteiger partial charge >= 0.3 is 6.18 Å². The van der Waals surface area contributed by atoms with Gasteiger partial charge in [-0.2, -0.15) is 13.2 Å². The van der Waals surface area contributed by atoms with Crippen LogP contribution in [-0.4, -0.2) is 21.0 Å². The molecule has 0 aliphatic rings. The molecule has 0 saturated carbocycles. The van der Waals surface area contributed by atoms with E-state index in [2.05, 4.69) is 10.3 Å². The zero-order valence-electron chi connectivity index (χ0n) is 9.60. The normalized spacial score (nSPS) is 11.6. The summed E-state index contributed by atoms with van der Waals surface area (Å²) in [7, 11) is 0. The fourth-order valence-corrected chi connectivity index (χ4v) is 1.58. The number of benzene rings is 1. The SMILES string of the molecule is Cc1c(C(=O)[O-])nnn1-c1cccc(C(F)(F)F)c1. The van der Waals surface area contributed by atoms with Crippen LogP contribution in [0.25, 0.3) is 5.69 Å². The average molecular weight is 270 g/mol. The van der Waals surface area contributed by atoms with Crippen molar-refractivity contribution in [2.45, 2.75) is 13.1 Å². The number of alkyl halides is 3. The highest BCUT2D eigenvalue weighted by molar-refractivity contribution is 5.84. The maximum atomic E-state index is 12.6. The second-order valence-corrected chi connectivity index (χ2v) is 3.77. The Hall–Kier alpha value is -2.38. The van der Waals surface area contributed by atoms with Crippen molar-refractivity contribution in [1.82, 2.24) is 15.0 Å². The number of carboxylic acids is 1. The zero-order valence-corrected chi connectivity index (χ0v) is 9.60. The molecule has 0 saturated heterocycles. The van der Waals surface area contributed by atoms with Crippen molar-refractivity contribution in [2.24, 2.45) is 0 Å². The zero-order chi connectivity index (χ0) is 14.2. The van der Waals surface area contributed by atoms with Crippen molar-refractivity contribution >= 4 is 5.97 Å². The second-order valence-electron chi connectivity index (χ2n) is 3.77. The Morgan fingerprint density at radius 2 is 2.05 bits per heavy atom. The Balaban J connectivity index is 2.51. The van der Waals surface area contributed by atoms with Gasteiger partial charge < -0.3 is 9.90 Å². The van der Waals surface area contributed by atoms with Gasteiger partial charge in [-0.3, -0.25) is 0 Å². The van der Waals surface area contributed by atoms with Crippen LogP contribution in [0.5, 0.6) is 0 Å². The fourth-order valence-electron chi connectivity index (χ4n) is 1.58. The van der Waals surface area contributed by atoms with Gasteiger partial charge in [-0.25, -0.2) is 4.68 Å². The van der Waals surface area contributed by atoms with Gasteiger partial charge in [0.15, 0.2) is 0 Å². The van der Waals surface area contributed by atoms with Gasteiger partial charge in [-0.05, 0) is 25.1 Å². The Morgan fingerprint density at radius 1 is 1.37 bits per heavy atom. The molecule has 0 unspecified atom stereocenters. The lowest BCUT2D eigenvalue weighted by Gasteiger charge is -2.09. The van der Waals surface area contributed by atoms with Gasteiger partial charge in [-0.15, -0.1) is 5.10 Å². The van der Waals surface area contributed by atoms with Gasteiger partial charge in [0.25, 0.3) is 0 Å². The van der Waals surface area contributed by atoms with Gasteiger partial charge in [0.2, 0.25) is 0 Å². The third-order valence-corrected chi connectivity index (χ3v) is 2.51. The predicted molar refractivity (Wildman–Crippen MR) is 55.4 cm³/mol. The van der Waals surface area contributed by atoms with Crippen molar-refractivity contribution < 1.29 is 23.1 Å². The van der Waals surface area contributed by atoms with Crippen LogP contribution in [0.1, 0.15) is 21.7 Å². The average Bonchev–Trinajstić information content (AvgIpc) is 2.70. The first-order valence-electron chi connectivity index (χ1n) is 5.12. The Labute approximate surface area is 105 Å². The minimum Gasteiger partial charge on any atom is -0.543 e. The number of nitrogens with zero attached hydrogens (tertiary/aromatic N) is 3. The van der Waals surface area contributed by atoms with Gasteiger partial charge in [0, 0.05) is 0 Å². The van der Waals surface area contributed by atoms with Crippen LogP contribution >= 0.6 is 0 Å². The topological polar surface area (TPSA) is 70.8 Å². The minimum absolute atomic E-state index is 0.0762. The Morgan fingerprint density at radius 3 is 2.58 bits per heavy atom. The molecule has 0 atom stereocenters. The van der Waals surface area contributed by atoms with Crippen molar-refractivity contribution in [3.8, 4) is 5.69 Å². The number of hydrogen-bond acceptors (Lipinski definition) is 4. The smallest absolute Gasteiger partial charge is 0.416 e. The van der Waals surface area contributed by atoms with Gasteiger partial charge in [0.1, 0.15) is 5.69 Å². The minimum atomic E-state index is -4.48. The molecular formula is C11H7F3N3O2-. The van der Waals surface area contributed by atoms with Gasteiger partial charge in [0.05, 0.1) is 22.9 Å². The first kappa shape index (κ1) is 13.1. The maximum absolute atomic E-state index is 12.6. The number of carbonyl (C=O) groups excluding carboxylic acids is 1. The molecule has 0 amide bonds. The summed E-state index contributed by atoms with van der Waals surface area (Å²) >= 11 is 0. The summed E-state index contributed by atoms with van der Waals surface area (Å²) in [5, 5.41) is 17.5. The van der Waals surface area contributed by atoms with E-state index in [0.717, 1.165) is 16.8 Å². The molecule has 19 heavy (non-hydrogen) atoms. The molecule has 0 aliphatic heterocycles. The molecule has 100 valence electrons. The molecule has 8 heteroatoms. The summed E-state index contributed by atoms with van der Waals surface area (Å²) in [5.41, 5.74) is -1.08.